The molecule has 0 saturated heterocycles. The first-order valence-corrected chi connectivity index (χ1v) is 10.5. The minimum absolute atomic E-state index is 0.251. The van der Waals surface area contributed by atoms with Gasteiger partial charge in [0.25, 0.3) is 0 Å². The Bertz CT molecular complexity index is 848. The Morgan fingerprint density at radius 2 is 1.93 bits per heavy atom. The molecule has 1 unspecified atom stereocenters. The summed E-state index contributed by atoms with van der Waals surface area (Å²) >= 11 is 0. The molecule has 1 aromatic carbocycles. The number of hydrogen-bond acceptors (Lipinski definition) is 5. The number of fused-ring (bicyclic) bond motifs is 1. The molecule has 4 rings (SSSR count). The minimum atomic E-state index is 0.251. The molecule has 1 aromatic heterocycles. The highest BCUT2D eigenvalue weighted by Crippen LogP contribution is 2.44. The van der Waals surface area contributed by atoms with Crippen LogP contribution in [-0.4, -0.2) is 37.3 Å². The maximum atomic E-state index is 5.69. The lowest BCUT2D eigenvalue weighted by molar-refractivity contribution is 0.389. The first kappa shape index (κ1) is 19.0. The number of nitrogens with zero attached hydrogens (tertiary/aromatic N) is 3. The number of aryl methyl sites for hydroxylation is 1. The second-order valence-electron chi connectivity index (χ2n) is 8.05. The molecule has 0 spiro atoms. The van der Waals surface area contributed by atoms with E-state index in [4.69, 9.17) is 19.4 Å². The largest absolute Gasteiger partial charge is 0.497 e. The zero-order valence-corrected chi connectivity index (χ0v) is 17.5. The normalized spacial score (nSPS) is 18.1. The maximum Gasteiger partial charge on any atom is 0.135 e. The highest BCUT2D eigenvalue weighted by molar-refractivity contribution is 5.56. The standard InChI is InChI=1S/C23H31N3O2/c1-5-12-26(14-16-6-7-16)23-20-11-10-19(22(20)24-15(2)25-23)18-9-8-17(27-3)13-21(18)28-4/h8-9,13,16,19H,5-7,10-12,14H2,1-4H3. The third-order valence-electron chi connectivity index (χ3n) is 5.93. The van der Waals surface area contributed by atoms with Crippen molar-refractivity contribution in [2.24, 2.45) is 5.92 Å². The highest BCUT2D eigenvalue weighted by atomic mass is 16.5. The molecule has 2 aromatic rings. The van der Waals surface area contributed by atoms with Gasteiger partial charge in [0.15, 0.2) is 0 Å². The van der Waals surface area contributed by atoms with Gasteiger partial charge in [-0.25, -0.2) is 9.97 Å². The van der Waals surface area contributed by atoms with Crippen molar-refractivity contribution in [2.45, 2.75) is 51.9 Å². The fourth-order valence-corrected chi connectivity index (χ4v) is 4.39. The molecule has 2 aliphatic rings. The number of hydrogen-bond donors (Lipinski definition) is 0. The molecule has 1 saturated carbocycles. The maximum absolute atomic E-state index is 5.69. The predicted molar refractivity (Wildman–Crippen MR) is 112 cm³/mol. The van der Waals surface area contributed by atoms with Gasteiger partial charge in [0.05, 0.1) is 19.9 Å². The van der Waals surface area contributed by atoms with Crippen molar-refractivity contribution in [3.63, 3.8) is 0 Å². The van der Waals surface area contributed by atoms with Gasteiger partial charge in [0.2, 0.25) is 0 Å². The van der Waals surface area contributed by atoms with Gasteiger partial charge < -0.3 is 14.4 Å². The van der Waals surface area contributed by atoms with Crippen molar-refractivity contribution in [1.29, 1.82) is 0 Å². The molecule has 5 nitrogen and oxygen atoms in total. The third-order valence-corrected chi connectivity index (χ3v) is 5.93. The zero-order valence-electron chi connectivity index (χ0n) is 17.5. The summed E-state index contributed by atoms with van der Waals surface area (Å²) < 4.78 is 11.1. The van der Waals surface area contributed by atoms with E-state index in [-0.39, 0.29) is 5.92 Å². The average molecular weight is 382 g/mol. The van der Waals surface area contributed by atoms with E-state index in [1.165, 1.54) is 35.5 Å². The van der Waals surface area contributed by atoms with E-state index in [0.29, 0.717) is 0 Å². The molecule has 28 heavy (non-hydrogen) atoms. The van der Waals surface area contributed by atoms with Crippen LogP contribution in [-0.2, 0) is 6.42 Å². The van der Waals surface area contributed by atoms with E-state index in [1.54, 1.807) is 14.2 Å². The summed E-state index contributed by atoms with van der Waals surface area (Å²) in [6.45, 7) is 6.47. The number of rotatable bonds is 8. The first-order valence-electron chi connectivity index (χ1n) is 10.5. The van der Waals surface area contributed by atoms with Crippen LogP contribution in [0.5, 0.6) is 11.5 Å². The van der Waals surface area contributed by atoms with E-state index in [1.807, 2.05) is 19.1 Å². The van der Waals surface area contributed by atoms with Crippen LogP contribution >= 0.6 is 0 Å². The van der Waals surface area contributed by atoms with Gasteiger partial charge in [0, 0.05) is 36.2 Å². The molecule has 5 heteroatoms. The van der Waals surface area contributed by atoms with E-state index in [9.17, 15) is 0 Å². The molecule has 0 amide bonds. The molecule has 0 radical (unpaired) electrons. The highest BCUT2D eigenvalue weighted by Gasteiger charge is 2.33. The second-order valence-corrected chi connectivity index (χ2v) is 8.05. The Labute approximate surface area is 168 Å². The molecular formula is C23H31N3O2. The molecular weight excluding hydrogens is 350 g/mol. The fraction of sp³-hybridized carbons (Fsp3) is 0.565. The molecule has 0 aliphatic heterocycles. The number of benzene rings is 1. The van der Waals surface area contributed by atoms with Crippen LogP contribution in [0.4, 0.5) is 5.82 Å². The Balaban J connectivity index is 1.73. The summed E-state index contributed by atoms with van der Waals surface area (Å²) in [6, 6.07) is 6.11. The third kappa shape index (κ3) is 3.67. The van der Waals surface area contributed by atoms with Crippen LogP contribution in [0.3, 0.4) is 0 Å². The first-order chi connectivity index (χ1) is 13.6. The lowest BCUT2D eigenvalue weighted by Gasteiger charge is -2.26. The van der Waals surface area contributed by atoms with Crippen molar-refractivity contribution in [2.75, 3.05) is 32.2 Å². The van der Waals surface area contributed by atoms with Crippen LogP contribution < -0.4 is 14.4 Å². The molecule has 1 heterocycles. The van der Waals surface area contributed by atoms with Gasteiger partial charge in [0.1, 0.15) is 23.1 Å². The van der Waals surface area contributed by atoms with Crippen molar-refractivity contribution in [1.82, 2.24) is 9.97 Å². The Hall–Kier alpha value is -2.30. The van der Waals surface area contributed by atoms with Gasteiger partial charge in [-0.15, -0.1) is 0 Å². The molecule has 2 aliphatic carbocycles. The predicted octanol–water partition coefficient (Wildman–Crippen LogP) is 4.51. The summed E-state index contributed by atoms with van der Waals surface area (Å²) in [6.07, 6.45) is 5.93. The van der Waals surface area contributed by atoms with E-state index in [0.717, 1.165) is 55.6 Å². The van der Waals surface area contributed by atoms with E-state index in [2.05, 4.69) is 17.9 Å². The van der Waals surface area contributed by atoms with Gasteiger partial charge in [-0.1, -0.05) is 13.0 Å². The Kier molecular flexibility index (Phi) is 5.42. The second kappa shape index (κ2) is 7.98. The number of aromatic nitrogens is 2. The van der Waals surface area contributed by atoms with Crippen molar-refractivity contribution >= 4 is 5.82 Å². The molecule has 0 N–H and O–H groups in total. The minimum Gasteiger partial charge on any atom is -0.497 e. The van der Waals surface area contributed by atoms with Crippen LogP contribution in [0, 0.1) is 12.8 Å². The van der Waals surface area contributed by atoms with Crippen LogP contribution in [0.1, 0.15) is 61.2 Å². The lowest BCUT2D eigenvalue weighted by Crippen LogP contribution is -2.29. The number of methoxy groups -OCH3 is 2. The summed E-state index contributed by atoms with van der Waals surface area (Å²) in [7, 11) is 3.41. The quantitative estimate of drug-likeness (QED) is 0.673. The van der Waals surface area contributed by atoms with Gasteiger partial charge >= 0.3 is 0 Å². The fourth-order valence-electron chi connectivity index (χ4n) is 4.39. The van der Waals surface area contributed by atoms with E-state index >= 15 is 0 Å². The molecule has 1 atom stereocenters. The van der Waals surface area contributed by atoms with Gasteiger partial charge in [-0.2, -0.15) is 0 Å². The van der Waals surface area contributed by atoms with Crippen molar-refractivity contribution in [3.8, 4) is 11.5 Å². The number of ether oxygens (including phenoxy) is 2. The smallest absolute Gasteiger partial charge is 0.135 e. The van der Waals surface area contributed by atoms with Crippen LogP contribution in [0.25, 0.3) is 0 Å². The summed E-state index contributed by atoms with van der Waals surface area (Å²) in [4.78, 5) is 12.3. The summed E-state index contributed by atoms with van der Waals surface area (Å²) in [5.41, 5.74) is 3.71. The van der Waals surface area contributed by atoms with Crippen molar-refractivity contribution in [3.05, 3.63) is 40.8 Å². The van der Waals surface area contributed by atoms with E-state index < -0.39 is 0 Å². The summed E-state index contributed by atoms with van der Waals surface area (Å²) in [5, 5.41) is 0. The SMILES string of the molecule is CCCN(CC1CC1)c1nc(C)nc2c1CCC2c1ccc(OC)cc1OC. The molecule has 0 bridgehead atoms. The van der Waals surface area contributed by atoms with Crippen LogP contribution in [0.15, 0.2) is 18.2 Å². The van der Waals surface area contributed by atoms with Crippen LogP contribution in [0.2, 0.25) is 0 Å². The van der Waals surface area contributed by atoms with Gasteiger partial charge in [-0.3, -0.25) is 0 Å². The zero-order chi connectivity index (χ0) is 19.7. The Morgan fingerprint density at radius 1 is 1.11 bits per heavy atom. The van der Waals surface area contributed by atoms with Gasteiger partial charge in [-0.05, 0) is 51.0 Å². The average Bonchev–Trinajstić information content (AvgIpc) is 3.43. The molecule has 1 fully saturated rings. The topological polar surface area (TPSA) is 47.5 Å². The monoisotopic (exact) mass is 381 g/mol. The number of anilines is 1. The summed E-state index contributed by atoms with van der Waals surface area (Å²) in [5.74, 6) is 4.82. The molecule has 150 valence electrons. The van der Waals surface area contributed by atoms with Crippen molar-refractivity contribution < 1.29 is 9.47 Å². The Morgan fingerprint density at radius 3 is 2.61 bits per heavy atom. The lowest BCUT2D eigenvalue weighted by atomic mass is 9.95.